The van der Waals surface area contributed by atoms with E-state index in [1.54, 1.807) is 6.26 Å². The van der Waals surface area contributed by atoms with Gasteiger partial charge in [0.15, 0.2) is 0 Å². The average molecular weight is 326 g/mol. The second-order valence-electron chi connectivity index (χ2n) is 4.73. The number of hydrogen-bond donors (Lipinski definition) is 1. The van der Waals surface area contributed by atoms with E-state index in [2.05, 4.69) is 40.2 Å². The molecule has 0 saturated heterocycles. The standard InChI is InChI=1S/C14H20BrN3O/c1-5-7-16-13(14-11(15)6-8-19-14)12-9(2)17-18(4)10(12)3/h6,8,13,16H,5,7H2,1-4H3. The van der Waals surface area contributed by atoms with Gasteiger partial charge in [0.25, 0.3) is 0 Å². The van der Waals surface area contributed by atoms with Crippen molar-refractivity contribution in [3.05, 3.63) is 39.5 Å². The van der Waals surface area contributed by atoms with E-state index >= 15 is 0 Å². The minimum Gasteiger partial charge on any atom is -0.466 e. The van der Waals surface area contributed by atoms with E-state index in [0.29, 0.717) is 0 Å². The lowest BCUT2D eigenvalue weighted by Gasteiger charge is -2.18. The van der Waals surface area contributed by atoms with E-state index in [1.165, 1.54) is 5.56 Å². The van der Waals surface area contributed by atoms with Gasteiger partial charge in [0, 0.05) is 18.3 Å². The third-order valence-corrected chi connectivity index (χ3v) is 4.01. The molecule has 2 rings (SSSR count). The highest BCUT2D eigenvalue weighted by molar-refractivity contribution is 9.10. The Morgan fingerprint density at radius 2 is 2.21 bits per heavy atom. The highest BCUT2D eigenvalue weighted by Crippen LogP contribution is 2.32. The summed E-state index contributed by atoms with van der Waals surface area (Å²) in [5.74, 6) is 0.910. The largest absolute Gasteiger partial charge is 0.466 e. The summed E-state index contributed by atoms with van der Waals surface area (Å²) < 4.78 is 8.56. The SMILES string of the molecule is CCCNC(c1occc1Br)c1c(C)nn(C)c1C. The predicted octanol–water partition coefficient (Wildman–Crippen LogP) is 3.48. The highest BCUT2D eigenvalue weighted by Gasteiger charge is 2.25. The maximum absolute atomic E-state index is 5.65. The van der Waals surface area contributed by atoms with Crippen LogP contribution in [0.5, 0.6) is 0 Å². The first-order valence-electron chi connectivity index (χ1n) is 6.52. The van der Waals surface area contributed by atoms with Gasteiger partial charge in [-0.2, -0.15) is 5.10 Å². The van der Waals surface area contributed by atoms with Gasteiger partial charge in [-0.25, -0.2) is 0 Å². The average Bonchev–Trinajstić information content (AvgIpc) is 2.88. The van der Waals surface area contributed by atoms with Gasteiger partial charge in [0.1, 0.15) is 5.76 Å². The van der Waals surface area contributed by atoms with Crippen molar-refractivity contribution in [2.45, 2.75) is 33.2 Å². The van der Waals surface area contributed by atoms with E-state index in [1.807, 2.05) is 24.7 Å². The molecule has 2 aromatic heterocycles. The van der Waals surface area contributed by atoms with Crippen LogP contribution in [0.4, 0.5) is 0 Å². The zero-order valence-corrected chi connectivity index (χ0v) is 13.4. The number of hydrogen-bond acceptors (Lipinski definition) is 3. The van der Waals surface area contributed by atoms with Gasteiger partial charge in [-0.1, -0.05) is 6.92 Å². The van der Waals surface area contributed by atoms with E-state index in [-0.39, 0.29) is 6.04 Å². The summed E-state index contributed by atoms with van der Waals surface area (Å²) in [6.07, 6.45) is 2.79. The summed E-state index contributed by atoms with van der Waals surface area (Å²) in [6.45, 7) is 7.22. The third-order valence-electron chi connectivity index (χ3n) is 3.36. The summed E-state index contributed by atoms with van der Waals surface area (Å²) in [7, 11) is 1.97. The van der Waals surface area contributed by atoms with Crippen molar-refractivity contribution in [3.63, 3.8) is 0 Å². The summed E-state index contributed by atoms with van der Waals surface area (Å²) in [5.41, 5.74) is 3.40. The fourth-order valence-electron chi connectivity index (χ4n) is 2.33. The molecule has 19 heavy (non-hydrogen) atoms. The van der Waals surface area contributed by atoms with Gasteiger partial charge in [0.05, 0.1) is 22.5 Å². The molecule has 0 aliphatic heterocycles. The molecule has 0 aliphatic rings. The molecule has 4 nitrogen and oxygen atoms in total. The lowest BCUT2D eigenvalue weighted by atomic mass is 10.0. The predicted molar refractivity (Wildman–Crippen MR) is 79.2 cm³/mol. The van der Waals surface area contributed by atoms with E-state index in [4.69, 9.17) is 4.42 Å². The van der Waals surface area contributed by atoms with Gasteiger partial charge in [-0.05, 0) is 48.8 Å². The van der Waals surface area contributed by atoms with Crippen molar-refractivity contribution in [3.8, 4) is 0 Å². The molecule has 104 valence electrons. The van der Waals surface area contributed by atoms with E-state index in [0.717, 1.165) is 34.6 Å². The summed E-state index contributed by atoms with van der Waals surface area (Å²) >= 11 is 3.55. The minimum absolute atomic E-state index is 0.0398. The number of furan rings is 1. The Balaban J connectivity index is 2.46. The Kier molecular flexibility index (Phi) is 4.47. The Morgan fingerprint density at radius 1 is 1.47 bits per heavy atom. The first-order chi connectivity index (χ1) is 9.06. The summed E-state index contributed by atoms with van der Waals surface area (Å²) in [5, 5.41) is 8.05. The third kappa shape index (κ3) is 2.77. The van der Waals surface area contributed by atoms with Crippen LogP contribution in [-0.2, 0) is 7.05 Å². The summed E-state index contributed by atoms with van der Waals surface area (Å²) in [4.78, 5) is 0. The van der Waals surface area contributed by atoms with E-state index in [9.17, 15) is 0 Å². The molecule has 0 bridgehead atoms. The van der Waals surface area contributed by atoms with Crippen molar-refractivity contribution < 1.29 is 4.42 Å². The van der Waals surface area contributed by atoms with E-state index < -0.39 is 0 Å². The van der Waals surface area contributed by atoms with Gasteiger partial charge >= 0.3 is 0 Å². The lowest BCUT2D eigenvalue weighted by molar-refractivity contribution is 0.442. The molecule has 1 atom stereocenters. The molecule has 2 heterocycles. The molecule has 1 N–H and O–H groups in total. The normalized spacial score (nSPS) is 12.9. The Morgan fingerprint density at radius 3 is 2.68 bits per heavy atom. The van der Waals surface area contributed by atoms with Gasteiger partial charge in [0.2, 0.25) is 0 Å². The highest BCUT2D eigenvalue weighted by atomic mass is 79.9. The molecular weight excluding hydrogens is 306 g/mol. The van der Waals surface area contributed by atoms with Crippen LogP contribution in [-0.4, -0.2) is 16.3 Å². The number of nitrogens with zero attached hydrogens (tertiary/aromatic N) is 2. The number of nitrogens with one attached hydrogen (secondary N) is 1. The van der Waals surface area contributed by atoms with Gasteiger partial charge in [-0.3, -0.25) is 4.68 Å². The molecular formula is C14H20BrN3O. The van der Waals surface area contributed by atoms with Crippen LogP contribution >= 0.6 is 15.9 Å². The van der Waals surface area contributed by atoms with Crippen LogP contribution in [0.15, 0.2) is 21.2 Å². The van der Waals surface area contributed by atoms with Crippen LogP contribution in [0.2, 0.25) is 0 Å². The van der Waals surface area contributed by atoms with Crippen molar-refractivity contribution in [2.75, 3.05) is 6.54 Å². The van der Waals surface area contributed by atoms with Crippen LogP contribution < -0.4 is 5.32 Å². The van der Waals surface area contributed by atoms with Crippen molar-refractivity contribution in [1.29, 1.82) is 0 Å². The second-order valence-corrected chi connectivity index (χ2v) is 5.58. The second kappa shape index (κ2) is 5.92. The number of aryl methyl sites for hydroxylation is 2. The molecule has 0 amide bonds. The molecule has 1 unspecified atom stereocenters. The fourth-order valence-corrected chi connectivity index (χ4v) is 2.76. The fraction of sp³-hybridized carbons (Fsp3) is 0.500. The topological polar surface area (TPSA) is 43.0 Å². The Labute approximate surface area is 122 Å². The van der Waals surface area contributed by atoms with Crippen molar-refractivity contribution >= 4 is 15.9 Å². The Bertz CT molecular complexity index is 559. The minimum atomic E-state index is 0.0398. The number of halogens is 1. The molecule has 0 aromatic carbocycles. The molecule has 2 aromatic rings. The van der Waals surface area contributed by atoms with Crippen molar-refractivity contribution in [1.82, 2.24) is 15.1 Å². The molecule has 0 radical (unpaired) electrons. The zero-order valence-electron chi connectivity index (χ0n) is 11.8. The molecule has 0 spiro atoms. The number of rotatable bonds is 5. The maximum Gasteiger partial charge on any atom is 0.139 e. The molecule has 0 saturated carbocycles. The first kappa shape index (κ1) is 14.3. The maximum atomic E-state index is 5.65. The van der Waals surface area contributed by atoms with Crippen LogP contribution in [0.25, 0.3) is 0 Å². The molecule has 0 aliphatic carbocycles. The monoisotopic (exact) mass is 325 g/mol. The van der Waals surface area contributed by atoms with Crippen LogP contribution in [0.1, 0.15) is 42.1 Å². The van der Waals surface area contributed by atoms with Gasteiger partial charge in [-0.15, -0.1) is 0 Å². The summed E-state index contributed by atoms with van der Waals surface area (Å²) in [6, 6.07) is 1.97. The lowest BCUT2D eigenvalue weighted by Crippen LogP contribution is -2.24. The van der Waals surface area contributed by atoms with Crippen molar-refractivity contribution in [2.24, 2.45) is 7.05 Å². The van der Waals surface area contributed by atoms with Gasteiger partial charge < -0.3 is 9.73 Å². The Hall–Kier alpha value is -1.07. The van der Waals surface area contributed by atoms with Crippen LogP contribution in [0, 0.1) is 13.8 Å². The smallest absolute Gasteiger partial charge is 0.139 e. The first-order valence-corrected chi connectivity index (χ1v) is 7.31. The molecule has 0 fully saturated rings. The van der Waals surface area contributed by atoms with Crippen LogP contribution in [0.3, 0.4) is 0 Å². The molecule has 5 heteroatoms. The number of aromatic nitrogens is 2. The quantitative estimate of drug-likeness (QED) is 0.915. The zero-order chi connectivity index (χ0) is 14.0.